The molecule has 0 amide bonds. The van der Waals surface area contributed by atoms with Gasteiger partial charge < -0.3 is 9.80 Å². The first-order chi connectivity index (χ1) is 11.0. The van der Waals surface area contributed by atoms with E-state index in [1.165, 1.54) is 27.9 Å². The lowest BCUT2D eigenvalue weighted by atomic mass is 10.0. The Morgan fingerprint density at radius 2 is 1.57 bits per heavy atom. The van der Waals surface area contributed by atoms with E-state index in [9.17, 15) is 0 Å². The number of hydrogen-bond acceptors (Lipinski definition) is 3. The Balaban J connectivity index is 2.23. The quantitative estimate of drug-likeness (QED) is 0.717. The fourth-order valence-electron chi connectivity index (χ4n) is 2.89. The van der Waals surface area contributed by atoms with E-state index >= 15 is 0 Å². The van der Waals surface area contributed by atoms with Gasteiger partial charge in [-0.25, -0.2) is 4.98 Å². The Morgan fingerprint density at radius 3 is 2.26 bits per heavy atom. The molecule has 0 aliphatic rings. The average molecular weight is 305 g/mol. The molecule has 2 aromatic carbocycles. The molecule has 118 valence electrons. The largest absolute Gasteiger partial charge is 0.378 e. The normalized spacial score (nSPS) is 10.8. The van der Waals surface area contributed by atoms with Crippen molar-refractivity contribution in [2.45, 2.75) is 6.92 Å². The first-order valence-electron chi connectivity index (χ1n) is 7.83. The van der Waals surface area contributed by atoms with Crippen LogP contribution in [0, 0.1) is 6.92 Å². The van der Waals surface area contributed by atoms with Gasteiger partial charge in [0.2, 0.25) is 0 Å². The molecule has 0 aliphatic heterocycles. The van der Waals surface area contributed by atoms with Crippen LogP contribution in [0.25, 0.3) is 22.2 Å². The molecule has 0 N–H and O–H groups in total. The van der Waals surface area contributed by atoms with Crippen molar-refractivity contribution in [2.75, 3.05) is 38.0 Å². The van der Waals surface area contributed by atoms with E-state index in [-0.39, 0.29) is 0 Å². The number of rotatable bonds is 3. The van der Waals surface area contributed by atoms with Gasteiger partial charge >= 0.3 is 0 Å². The molecule has 3 nitrogen and oxygen atoms in total. The lowest BCUT2D eigenvalue weighted by Crippen LogP contribution is -2.14. The van der Waals surface area contributed by atoms with Crippen molar-refractivity contribution in [3.63, 3.8) is 0 Å². The Hall–Kier alpha value is -2.55. The second kappa shape index (κ2) is 5.92. The van der Waals surface area contributed by atoms with Crippen LogP contribution in [-0.4, -0.2) is 33.2 Å². The van der Waals surface area contributed by atoms with E-state index in [2.05, 4.69) is 81.3 Å². The van der Waals surface area contributed by atoms with E-state index in [0.717, 1.165) is 11.2 Å². The second-order valence-corrected chi connectivity index (χ2v) is 6.32. The van der Waals surface area contributed by atoms with Gasteiger partial charge in [0, 0.05) is 50.5 Å². The van der Waals surface area contributed by atoms with Gasteiger partial charge in [-0.15, -0.1) is 0 Å². The highest BCUT2D eigenvalue weighted by atomic mass is 15.1. The van der Waals surface area contributed by atoms with Gasteiger partial charge in [-0.3, -0.25) is 0 Å². The van der Waals surface area contributed by atoms with Gasteiger partial charge in [0.1, 0.15) is 0 Å². The van der Waals surface area contributed by atoms with Gasteiger partial charge in [-0.2, -0.15) is 0 Å². The molecule has 0 atom stereocenters. The molecule has 1 heterocycles. The SMILES string of the molecule is Cc1c(-c2ccc3ccccc3n2)cc(N(C)C)cc1N(C)C. The summed E-state index contributed by atoms with van der Waals surface area (Å²) in [6.45, 7) is 2.17. The summed E-state index contributed by atoms with van der Waals surface area (Å²) >= 11 is 0. The Morgan fingerprint density at radius 1 is 0.826 bits per heavy atom. The molecule has 0 saturated carbocycles. The minimum Gasteiger partial charge on any atom is -0.378 e. The van der Waals surface area contributed by atoms with Crippen molar-refractivity contribution in [1.82, 2.24) is 4.98 Å². The number of hydrogen-bond donors (Lipinski definition) is 0. The third kappa shape index (κ3) is 2.87. The lowest BCUT2D eigenvalue weighted by molar-refractivity contribution is 1.09. The van der Waals surface area contributed by atoms with Gasteiger partial charge in [-0.05, 0) is 36.8 Å². The topological polar surface area (TPSA) is 19.4 Å². The van der Waals surface area contributed by atoms with E-state index < -0.39 is 0 Å². The highest BCUT2D eigenvalue weighted by Crippen LogP contribution is 2.34. The fourth-order valence-corrected chi connectivity index (χ4v) is 2.89. The van der Waals surface area contributed by atoms with Crippen LogP contribution < -0.4 is 9.80 Å². The van der Waals surface area contributed by atoms with Crippen molar-refractivity contribution >= 4 is 22.3 Å². The molecule has 0 unspecified atom stereocenters. The van der Waals surface area contributed by atoms with Crippen LogP contribution in [0.15, 0.2) is 48.5 Å². The fraction of sp³-hybridized carbons (Fsp3) is 0.250. The highest BCUT2D eigenvalue weighted by Gasteiger charge is 2.13. The minimum atomic E-state index is 1.02. The van der Waals surface area contributed by atoms with Gasteiger partial charge in [0.25, 0.3) is 0 Å². The maximum atomic E-state index is 4.87. The molecule has 3 aromatic rings. The summed E-state index contributed by atoms with van der Waals surface area (Å²) in [5.74, 6) is 0. The van der Waals surface area contributed by atoms with Gasteiger partial charge in [-0.1, -0.05) is 24.3 Å². The third-order valence-electron chi connectivity index (χ3n) is 4.24. The molecule has 1 aromatic heterocycles. The molecule has 0 spiro atoms. The lowest BCUT2D eigenvalue weighted by Gasteiger charge is -2.23. The summed E-state index contributed by atoms with van der Waals surface area (Å²) in [5, 5.41) is 1.17. The van der Waals surface area contributed by atoms with E-state index in [4.69, 9.17) is 4.98 Å². The van der Waals surface area contributed by atoms with E-state index in [1.807, 2.05) is 12.1 Å². The number of pyridine rings is 1. The third-order valence-corrected chi connectivity index (χ3v) is 4.24. The van der Waals surface area contributed by atoms with Crippen LogP contribution in [0.3, 0.4) is 0 Å². The monoisotopic (exact) mass is 305 g/mol. The predicted octanol–water partition coefficient (Wildman–Crippen LogP) is 4.34. The van der Waals surface area contributed by atoms with Crippen molar-refractivity contribution in [1.29, 1.82) is 0 Å². The van der Waals surface area contributed by atoms with Crippen molar-refractivity contribution in [3.8, 4) is 11.3 Å². The number of benzene rings is 2. The molecule has 3 heteroatoms. The molecule has 0 aliphatic carbocycles. The number of aromatic nitrogens is 1. The zero-order valence-electron chi connectivity index (χ0n) is 14.5. The standard InChI is InChI=1S/C20H23N3/c1-14-17(12-16(22(2)3)13-20(14)23(4)5)19-11-10-15-8-6-7-9-18(15)21-19/h6-13H,1-5H3. The van der Waals surface area contributed by atoms with Gasteiger partial charge in [0.05, 0.1) is 11.2 Å². The minimum absolute atomic E-state index is 1.02. The predicted molar refractivity (Wildman–Crippen MR) is 101 cm³/mol. The van der Waals surface area contributed by atoms with E-state index in [0.29, 0.717) is 0 Å². The van der Waals surface area contributed by atoms with Crippen molar-refractivity contribution in [3.05, 3.63) is 54.1 Å². The molecule has 0 bridgehead atoms. The zero-order valence-corrected chi connectivity index (χ0v) is 14.5. The number of para-hydroxylation sites is 1. The highest BCUT2D eigenvalue weighted by molar-refractivity contribution is 5.84. The van der Waals surface area contributed by atoms with Crippen molar-refractivity contribution in [2.24, 2.45) is 0 Å². The van der Waals surface area contributed by atoms with Crippen LogP contribution in [0.4, 0.5) is 11.4 Å². The zero-order chi connectivity index (χ0) is 16.6. The Kier molecular flexibility index (Phi) is 3.95. The molecule has 0 saturated heterocycles. The summed E-state index contributed by atoms with van der Waals surface area (Å²) in [7, 11) is 8.31. The Bertz CT molecular complexity index is 851. The molecular weight excluding hydrogens is 282 g/mol. The molecule has 0 radical (unpaired) electrons. The summed E-state index contributed by atoms with van der Waals surface area (Å²) in [6, 6.07) is 17.0. The molecule has 23 heavy (non-hydrogen) atoms. The first kappa shape index (κ1) is 15.3. The molecular formula is C20H23N3. The molecule has 0 fully saturated rings. The van der Waals surface area contributed by atoms with Crippen LogP contribution >= 0.6 is 0 Å². The van der Waals surface area contributed by atoms with Crippen LogP contribution in [0.2, 0.25) is 0 Å². The summed E-state index contributed by atoms with van der Waals surface area (Å²) in [5.41, 5.74) is 6.90. The van der Waals surface area contributed by atoms with E-state index in [1.54, 1.807) is 0 Å². The van der Waals surface area contributed by atoms with Crippen LogP contribution in [-0.2, 0) is 0 Å². The number of fused-ring (bicyclic) bond motifs is 1. The maximum Gasteiger partial charge on any atom is 0.0713 e. The Labute approximate surface area is 138 Å². The first-order valence-corrected chi connectivity index (χ1v) is 7.83. The maximum absolute atomic E-state index is 4.87. The van der Waals surface area contributed by atoms with Crippen LogP contribution in [0.1, 0.15) is 5.56 Å². The second-order valence-electron chi connectivity index (χ2n) is 6.32. The summed E-state index contributed by atoms with van der Waals surface area (Å²) < 4.78 is 0. The number of anilines is 2. The smallest absolute Gasteiger partial charge is 0.0713 e. The molecule has 3 rings (SSSR count). The van der Waals surface area contributed by atoms with Crippen molar-refractivity contribution < 1.29 is 0 Å². The summed E-state index contributed by atoms with van der Waals surface area (Å²) in [4.78, 5) is 9.17. The van der Waals surface area contributed by atoms with Crippen LogP contribution in [0.5, 0.6) is 0 Å². The summed E-state index contributed by atoms with van der Waals surface area (Å²) in [6.07, 6.45) is 0. The average Bonchev–Trinajstić information content (AvgIpc) is 2.54. The number of nitrogens with zero attached hydrogens (tertiary/aromatic N) is 3. The van der Waals surface area contributed by atoms with Gasteiger partial charge in [0.15, 0.2) is 0 Å².